The SMILES string of the molecule is CCCCc1ccc(N2C(=O)c3ccccc3N[C@H]2c2ccccc2Cl)cc1. The lowest BCUT2D eigenvalue weighted by molar-refractivity contribution is 0.0975. The number of fused-ring (bicyclic) bond motifs is 1. The van der Waals surface area contributed by atoms with Gasteiger partial charge in [-0.15, -0.1) is 0 Å². The van der Waals surface area contributed by atoms with Crippen molar-refractivity contribution in [2.75, 3.05) is 10.2 Å². The molecule has 1 atom stereocenters. The third-order valence-electron chi connectivity index (χ3n) is 5.16. The highest BCUT2D eigenvalue weighted by atomic mass is 35.5. The molecule has 0 unspecified atom stereocenters. The van der Waals surface area contributed by atoms with Crippen molar-refractivity contribution >= 4 is 28.9 Å². The van der Waals surface area contributed by atoms with E-state index in [1.165, 1.54) is 18.4 Å². The zero-order valence-electron chi connectivity index (χ0n) is 15.9. The third-order valence-corrected chi connectivity index (χ3v) is 5.50. The molecule has 1 N–H and O–H groups in total. The highest BCUT2D eigenvalue weighted by molar-refractivity contribution is 6.31. The van der Waals surface area contributed by atoms with Crippen LogP contribution in [-0.2, 0) is 6.42 Å². The maximum absolute atomic E-state index is 13.4. The quantitative estimate of drug-likeness (QED) is 0.542. The first-order valence-corrected chi connectivity index (χ1v) is 10.1. The van der Waals surface area contributed by atoms with Crippen LogP contribution >= 0.6 is 11.6 Å². The van der Waals surface area contributed by atoms with Crippen LogP contribution in [0.1, 0.15) is 47.4 Å². The van der Waals surface area contributed by atoms with Gasteiger partial charge in [0.1, 0.15) is 6.17 Å². The smallest absolute Gasteiger partial charge is 0.262 e. The van der Waals surface area contributed by atoms with Crippen LogP contribution in [0.15, 0.2) is 72.8 Å². The van der Waals surface area contributed by atoms with E-state index in [0.717, 1.165) is 23.4 Å². The number of rotatable bonds is 5. The molecule has 1 amide bonds. The molecular weight excluding hydrogens is 368 g/mol. The molecule has 4 rings (SSSR count). The number of nitrogens with one attached hydrogen (secondary N) is 1. The second kappa shape index (κ2) is 8.07. The largest absolute Gasteiger partial charge is 0.360 e. The number of carbonyl (C=O) groups excluding carboxylic acids is 1. The van der Waals surface area contributed by atoms with E-state index in [9.17, 15) is 4.79 Å². The second-order valence-electron chi connectivity index (χ2n) is 7.06. The van der Waals surface area contributed by atoms with Gasteiger partial charge in [0, 0.05) is 22.0 Å². The van der Waals surface area contributed by atoms with Crippen molar-refractivity contribution < 1.29 is 4.79 Å². The van der Waals surface area contributed by atoms with Gasteiger partial charge in [-0.1, -0.05) is 67.4 Å². The van der Waals surface area contributed by atoms with Gasteiger partial charge >= 0.3 is 0 Å². The molecule has 1 aliphatic heterocycles. The van der Waals surface area contributed by atoms with Crippen molar-refractivity contribution in [3.8, 4) is 0 Å². The molecule has 0 aromatic heterocycles. The van der Waals surface area contributed by atoms with E-state index in [1.807, 2.05) is 60.7 Å². The number of carbonyl (C=O) groups is 1. The fraction of sp³-hybridized carbons (Fsp3) is 0.208. The fourth-order valence-corrected chi connectivity index (χ4v) is 3.88. The van der Waals surface area contributed by atoms with E-state index in [-0.39, 0.29) is 12.1 Å². The van der Waals surface area contributed by atoms with Gasteiger partial charge in [0.05, 0.1) is 5.56 Å². The van der Waals surface area contributed by atoms with Crippen molar-refractivity contribution in [3.63, 3.8) is 0 Å². The number of aryl methyl sites for hydroxylation is 1. The standard InChI is InChI=1S/C24H23ClN2O/c1-2-3-8-17-13-15-18(16-14-17)27-23(19-9-4-6-11-21(19)25)26-22-12-7-5-10-20(22)24(27)28/h4-7,9-16,23,26H,2-3,8H2,1H3/t23-/m1/s1. The summed E-state index contributed by atoms with van der Waals surface area (Å²) in [5.41, 5.74) is 4.52. The highest BCUT2D eigenvalue weighted by Gasteiger charge is 2.34. The predicted molar refractivity (Wildman–Crippen MR) is 116 cm³/mol. The first-order valence-electron chi connectivity index (χ1n) is 9.71. The van der Waals surface area contributed by atoms with Crippen LogP contribution in [0.4, 0.5) is 11.4 Å². The molecule has 0 bridgehead atoms. The number of hydrogen-bond acceptors (Lipinski definition) is 2. The topological polar surface area (TPSA) is 32.3 Å². The van der Waals surface area contributed by atoms with E-state index in [4.69, 9.17) is 11.6 Å². The van der Waals surface area contributed by atoms with Crippen molar-refractivity contribution in [1.29, 1.82) is 0 Å². The molecular formula is C24H23ClN2O. The number of anilines is 2. The Kier molecular flexibility index (Phi) is 5.36. The van der Waals surface area contributed by atoms with Crippen LogP contribution in [0.25, 0.3) is 0 Å². The van der Waals surface area contributed by atoms with E-state index >= 15 is 0 Å². The number of amides is 1. The second-order valence-corrected chi connectivity index (χ2v) is 7.47. The minimum absolute atomic E-state index is 0.0272. The number of benzene rings is 3. The molecule has 0 saturated heterocycles. The van der Waals surface area contributed by atoms with Crippen LogP contribution < -0.4 is 10.2 Å². The first kappa shape index (κ1) is 18.6. The molecule has 4 heteroatoms. The average molecular weight is 391 g/mol. The number of para-hydroxylation sites is 1. The van der Waals surface area contributed by atoms with Gasteiger partial charge in [0.15, 0.2) is 0 Å². The predicted octanol–water partition coefficient (Wildman–Crippen LogP) is 6.45. The van der Waals surface area contributed by atoms with Crippen molar-refractivity contribution in [2.24, 2.45) is 0 Å². The number of unbranched alkanes of at least 4 members (excludes halogenated alkanes) is 1. The lowest BCUT2D eigenvalue weighted by atomic mass is 10.0. The molecule has 1 aliphatic rings. The molecule has 0 saturated carbocycles. The lowest BCUT2D eigenvalue weighted by Crippen LogP contribution is -2.43. The van der Waals surface area contributed by atoms with Gasteiger partial charge < -0.3 is 5.32 Å². The number of hydrogen-bond donors (Lipinski definition) is 1. The zero-order chi connectivity index (χ0) is 19.5. The minimum atomic E-state index is -0.363. The average Bonchev–Trinajstić information content (AvgIpc) is 2.73. The van der Waals surface area contributed by atoms with E-state index < -0.39 is 0 Å². The summed E-state index contributed by atoms with van der Waals surface area (Å²) in [6.45, 7) is 2.19. The summed E-state index contributed by atoms with van der Waals surface area (Å²) in [5.74, 6) is -0.0272. The molecule has 3 nitrogen and oxygen atoms in total. The normalized spacial score (nSPS) is 15.9. The van der Waals surface area contributed by atoms with E-state index in [2.05, 4.69) is 24.4 Å². The van der Waals surface area contributed by atoms with Gasteiger partial charge in [-0.2, -0.15) is 0 Å². The van der Waals surface area contributed by atoms with Crippen molar-refractivity contribution in [3.05, 3.63) is 94.5 Å². The Hall–Kier alpha value is -2.78. The van der Waals surface area contributed by atoms with Crippen LogP contribution in [0.3, 0.4) is 0 Å². The summed E-state index contributed by atoms with van der Waals surface area (Å²) in [6.07, 6.45) is 3.03. The Bertz CT molecular complexity index is 984. The van der Waals surface area contributed by atoms with Crippen LogP contribution in [0, 0.1) is 0 Å². The molecule has 0 spiro atoms. The lowest BCUT2D eigenvalue weighted by Gasteiger charge is -2.38. The Morgan fingerprint density at radius 1 is 0.964 bits per heavy atom. The van der Waals surface area contributed by atoms with Gasteiger partial charge in [0.25, 0.3) is 5.91 Å². The number of nitrogens with zero attached hydrogens (tertiary/aromatic N) is 1. The van der Waals surface area contributed by atoms with Crippen molar-refractivity contribution in [2.45, 2.75) is 32.4 Å². The third kappa shape index (κ3) is 3.50. The molecule has 3 aromatic rings. The summed E-state index contributed by atoms with van der Waals surface area (Å²) in [5, 5.41) is 4.14. The Morgan fingerprint density at radius 3 is 2.43 bits per heavy atom. The molecule has 28 heavy (non-hydrogen) atoms. The highest BCUT2D eigenvalue weighted by Crippen LogP contribution is 2.38. The van der Waals surface area contributed by atoms with Crippen LogP contribution in [-0.4, -0.2) is 5.91 Å². The zero-order valence-corrected chi connectivity index (χ0v) is 16.6. The van der Waals surface area contributed by atoms with Crippen LogP contribution in [0.5, 0.6) is 0 Å². The summed E-state index contributed by atoms with van der Waals surface area (Å²) in [6, 6.07) is 23.6. The van der Waals surface area contributed by atoms with E-state index in [1.54, 1.807) is 4.90 Å². The molecule has 0 fully saturated rings. The minimum Gasteiger partial charge on any atom is -0.360 e. The van der Waals surface area contributed by atoms with Gasteiger partial charge in [0.2, 0.25) is 0 Å². The summed E-state index contributed by atoms with van der Waals surface area (Å²) in [7, 11) is 0. The molecule has 0 radical (unpaired) electrons. The molecule has 0 aliphatic carbocycles. The van der Waals surface area contributed by atoms with Gasteiger partial charge in [-0.05, 0) is 48.7 Å². The van der Waals surface area contributed by atoms with E-state index in [0.29, 0.717) is 10.6 Å². The first-order chi connectivity index (χ1) is 13.7. The summed E-state index contributed by atoms with van der Waals surface area (Å²) < 4.78 is 0. The van der Waals surface area contributed by atoms with Gasteiger partial charge in [-0.25, -0.2) is 0 Å². The van der Waals surface area contributed by atoms with Crippen LogP contribution in [0.2, 0.25) is 5.02 Å². The molecule has 1 heterocycles. The fourth-order valence-electron chi connectivity index (χ4n) is 3.64. The molecule has 3 aromatic carbocycles. The van der Waals surface area contributed by atoms with Gasteiger partial charge in [-0.3, -0.25) is 9.69 Å². The Labute approximate surface area is 171 Å². The summed E-state index contributed by atoms with van der Waals surface area (Å²) >= 11 is 6.49. The summed E-state index contributed by atoms with van der Waals surface area (Å²) in [4.78, 5) is 15.2. The Balaban J connectivity index is 1.77. The Morgan fingerprint density at radius 2 is 1.68 bits per heavy atom. The number of halogens is 1. The molecule has 142 valence electrons. The monoisotopic (exact) mass is 390 g/mol. The maximum atomic E-state index is 13.4. The maximum Gasteiger partial charge on any atom is 0.262 e. The van der Waals surface area contributed by atoms with Crippen molar-refractivity contribution in [1.82, 2.24) is 0 Å².